The van der Waals surface area contributed by atoms with Crippen molar-refractivity contribution in [2.45, 2.75) is 26.3 Å². The van der Waals surface area contributed by atoms with Gasteiger partial charge < -0.3 is 15.0 Å². The maximum absolute atomic E-state index is 5.32. The smallest absolute Gasteiger partial charge is 0.193 e. The summed E-state index contributed by atoms with van der Waals surface area (Å²) in [7, 11) is 3.88. The first kappa shape index (κ1) is 16.5. The van der Waals surface area contributed by atoms with E-state index in [-0.39, 0.29) is 0 Å². The Morgan fingerprint density at radius 1 is 1.25 bits per heavy atom. The fourth-order valence-corrected chi connectivity index (χ4v) is 1.99. The fraction of sp³-hybridized carbons (Fsp3) is 0.562. The monoisotopic (exact) mass is 277 g/mol. The highest BCUT2D eigenvalue weighted by Crippen LogP contribution is 2.02. The molecule has 0 heterocycles. The van der Waals surface area contributed by atoms with Crippen LogP contribution in [0.5, 0.6) is 0 Å². The predicted molar refractivity (Wildman–Crippen MR) is 85.0 cm³/mol. The second-order valence-corrected chi connectivity index (χ2v) is 4.72. The van der Waals surface area contributed by atoms with Crippen LogP contribution in [0.3, 0.4) is 0 Å². The van der Waals surface area contributed by atoms with Crippen molar-refractivity contribution in [1.29, 1.82) is 0 Å². The van der Waals surface area contributed by atoms with E-state index in [4.69, 9.17) is 4.74 Å². The van der Waals surface area contributed by atoms with E-state index in [9.17, 15) is 0 Å². The number of guanidine groups is 1. The molecule has 0 radical (unpaired) electrons. The van der Waals surface area contributed by atoms with Crippen molar-refractivity contribution >= 4 is 5.96 Å². The fourth-order valence-electron chi connectivity index (χ4n) is 1.99. The Hall–Kier alpha value is -1.55. The van der Waals surface area contributed by atoms with Crippen LogP contribution in [-0.2, 0) is 11.3 Å². The third-order valence-corrected chi connectivity index (χ3v) is 3.04. The van der Waals surface area contributed by atoms with Gasteiger partial charge in [-0.15, -0.1) is 0 Å². The molecule has 20 heavy (non-hydrogen) atoms. The quantitative estimate of drug-likeness (QED) is 0.451. The van der Waals surface area contributed by atoms with E-state index in [1.165, 1.54) is 5.56 Å². The third-order valence-electron chi connectivity index (χ3n) is 3.04. The zero-order valence-corrected chi connectivity index (χ0v) is 12.9. The molecular formula is C16H27N3O. The molecule has 4 heteroatoms. The summed E-state index contributed by atoms with van der Waals surface area (Å²) in [6, 6.07) is 10.4. The Morgan fingerprint density at radius 3 is 2.65 bits per heavy atom. The lowest BCUT2D eigenvalue weighted by atomic mass is 10.2. The molecule has 0 amide bonds. The van der Waals surface area contributed by atoms with E-state index < -0.39 is 0 Å². The molecule has 1 aromatic carbocycles. The zero-order valence-electron chi connectivity index (χ0n) is 12.9. The molecular weight excluding hydrogens is 250 g/mol. The second kappa shape index (κ2) is 10.3. The van der Waals surface area contributed by atoms with Gasteiger partial charge in [0.25, 0.3) is 0 Å². The molecule has 0 saturated heterocycles. The highest BCUT2D eigenvalue weighted by molar-refractivity contribution is 5.79. The van der Waals surface area contributed by atoms with Crippen molar-refractivity contribution < 1.29 is 4.74 Å². The van der Waals surface area contributed by atoms with Gasteiger partial charge in [0.05, 0.1) is 0 Å². The van der Waals surface area contributed by atoms with Crippen molar-refractivity contribution in [3.63, 3.8) is 0 Å². The first-order chi connectivity index (χ1) is 9.77. The molecule has 0 aliphatic heterocycles. The van der Waals surface area contributed by atoms with Gasteiger partial charge in [0.15, 0.2) is 5.96 Å². The highest BCUT2D eigenvalue weighted by atomic mass is 16.5. The molecule has 0 bridgehead atoms. The molecule has 1 N–H and O–H groups in total. The summed E-state index contributed by atoms with van der Waals surface area (Å²) in [4.78, 5) is 6.46. The summed E-state index contributed by atoms with van der Waals surface area (Å²) in [5, 5.41) is 3.39. The second-order valence-electron chi connectivity index (χ2n) is 4.72. The average molecular weight is 277 g/mol. The molecule has 112 valence electrons. The van der Waals surface area contributed by atoms with Crippen molar-refractivity contribution in [3.8, 4) is 0 Å². The van der Waals surface area contributed by atoms with Crippen LogP contribution in [0.15, 0.2) is 35.3 Å². The van der Waals surface area contributed by atoms with Crippen molar-refractivity contribution in [1.82, 2.24) is 10.2 Å². The Labute approximate surface area is 122 Å². The van der Waals surface area contributed by atoms with Gasteiger partial charge in [0.1, 0.15) is 0 Å². The maximum atomic E-state index is 5.32. The largest absolute Gasteiger partial charge is 0.382 e. The van der Waals surface area contributed by atoms with E-state index in [2.05, 4.69) is 46.5 Å². The summed E-state index contributed by atoms with van der Waals surface area (Å²) in [5.41, 5.74) is 1.29. The molecule has 0 aromatic heterocycles. The van der Waals surface area contributed by atoms with Crippen molar-refractivity contribution in [2.24, 2.45) is 4.99 Å². The van der Waals surface area contributed by atoms with Crippen LogP contribution >= 0.6 is 0 Å². The number of hydrogen-bond donors (Lipinski definition) is 1. The molecule has 0 aliphatic rings. The molecule has 0 unspecified atom stereocenters. The first-order valence-corrected chi connectivity index (χ1v) is 7.31. The standard InChI is InChI=1S/C16H27N3O/c1-4-20-13-9-8-12-18-16(17-2)19(3)14-15-10-6-5-7-11-15/h5-7,10-11H,4,8-9,12-14H2,1-3H3,(H,17,18). The minimum atomic E-state index is 0.801. The van der Waals surface area contributed by atoms with Gasteiger partial charge in [-0.1, -0.05) is 30.3 Å². The van der Waals surface area contributed by atoms with Gasteiger partial charge >= 0.3 is 0 Å². The van der Waals surface area contributed by atoms with E-state index in [0.29, 0.717) is 0 Å². The number of ether oxygens (including phenoxy) is 1. The highest BCUT2D eigenvalue weighted by Gasteiger charge is 2.05. The summed E-state index contributed by atoms with van der Waals surface area (Å²) in [5.74, 6) is 0.935. The average Bonchev–Trinajstić information content (AvgIpc) is 2.47. The normalized spacial score (nSPS) is 11.4. The molecule has 0 aliphatic carbocycles. The number of nitrogens with one attached hydrogen (secondary N) is 1. The van der Waals surface area contributed by atoms with Crippen LogP contribution in [-0.4, -0.2) is 44.7 Å². The summed E-state index contributed by atoms with van der Waals surface area (Å²) in [6.07, 6.45) is 2.18. The number of aliphatic imine (C=N–C) groups is 1. The number of rotatable bonds is 8. The topological polar surface area (TPSA) is 36.9 Å². The Kier molecular flexibility index (Phi) is 8.47. The number of hydrogen-bond acceptors (Lipinski definition) is 2. The molecule has 1 rings (SSSR count). The van der Waals surface area contributed by atoms with Crippen LogP contribution in [0.4, 0.5) is 0 Å². The Bertz CT molecular complexity index is 379. The van der Waals surface area contributed by atoms with E-state index in [1.807, 2.05) is 20.0 Å². The van der Waals surface area contributed by atoms with Gasteiger partial charge in [-0.2, -0.15) is 0 Å². The van der Waals surface area contributed by atoms with Gasteiger partial charge in [0.2, 0.25) is 0 Å². The molecule has 0 atom stereocenters. The van der Waals surface area contributed by atoms with Crippen molar-refractivity contribution in [3.05, 3.63) is 35.9 Å². The molecule has 0 spiro atoms. The third kappa shape index (κ3) is 6.57. The maximum Gasteiger partial charge on any atom is 0.193 e. The summed E-state index contributed by atoms with van der Waals surface area (Å²) in [6.45, 7) is 5.46. The van der Waals surface area contributed by atoms with Gasteiger partial charge in [0, 0.05) is 40.4 Å². The van der Waals surface area contributed by atoms with Gasteiger partial charge in [-0.05, 0) is 25.3 Å². The molecule has 0 fully saturated rings. The van der Waals surface area contributed by atoms with Crippen molar-refractivity contribution in [2.75, 3.05) is 33.9 Å². The van der Waals surface area contributed by atoms with Gasteiger partial charge in [-0.3, -0.25) is 4.99 Å². The van der Waals surface area contributed by atoms with Crippen LogP contribution in [0.1, 0.15) is 25.3 Å². The summed E-state index contributed by atoms with van der Waals surface area (Å²) >= 11 is 0. The number of unbranched alkanes of at least 4 members (excludes halogenated alkanes) is 1. The molecule has 1 aromatic rings. The number of nitrogens with zero attached hydrogens (tertiary/aromatic N) is 2. The molecule has 4 nitrogen and oxygen atoms in total. The predicted octanol–water partition coefficient (Wildman–Crippen LogP) is 2.51. The summed E-state index contributed by atoms with van der Waals surface area (Å²) < 4.78 is 5.32. The minimum absolute atomic E-state index is 0.801. The van der Waals surface area contributed by atoms with Crippen LogP contribution in [0, 0.1) is 0 Å². The lowest BCUT2D eigenvalue weighted by molar-refractivity contribution is 0.143. The van der Waals surface area contributed by atoms with Gasteiger partial charge in [-0.25, -0.2) is 0 Å². The van der Waals surface area contributed by atoms with Crippen LogP contribution < -0.4 is 5.32 Å². The molecule has 0 saturated carbocycles. The van der Waals surface area contributed by atoms with Crippen LogP contribution in [0.25, 0.3) is 0 Å². The minimum Gasteiger partial charge on any atom is -0.382 e. The van der Waals surface area contributed by atoms with E-state index in [0.717, 1.165) is 45.1 Å². The first-order valence-electron chi connectivity index (χ1n) is 7.31. The lowest BCUT2D eigenvalue weighted by Crippen LogP contribution is -2.38. The SMILES string of the molecule is CCOCCCCNC(=NC)N(C)Cc1ccccc1. The number of benzene rings is 1. The zero-order chi connectivity index (χ0) is 14.6. The Morgan fingerprint density at radius 2 is 2.00 bits per heavy atom. The van der Waals surface area contributed by atoms with E-state index >= 15 is 0 Å². The Balaban J connectivity index is 2.27. The van der Waals surface area contributed by atoms with E-state index in [1.54, 1.807) is 0 Å². The van der Waals surface area contributed by atoms with Crippen LogP contribution in [0.2, 0.25) is 0 Å². The lowest BCUT2D eigenvalue weighted by Gasteiger charge is -2.22.